The average molecular weight is 336 g/mol. The molecule has 0 fully saturated rings. The first kappa shape index (κ1) is 19.7. The number of carbonyl (C=O) groups excluding carboxylic acids is 2. The molecule has 1 aromatic carbocycles. The van der Waals surface area contributed by atoms with Gasteiger partial charge in [-0.05, 0) is 51.5 Å². The maximum atomic E-state index is 12.8. The summed E-state index contributed by atoms with van der Waals surface area (Å²) in [6.45, 7) is 8.44. The van der Waals surface area contributed by atoms with E-state index in [2.05, 4.69) is 5.32 Å². The van der Waals surface area contributed by atoms with Crippen molar-refractivity contribution in [1.82, 2.24) is 10.2 Å². The van der Waals surface area contributed by atoms with E-state index in [0.717, 1.165) is 5.56 Å². The molecule has 5 nitrogen and oxygen atoms in total. The normalized spacial score (nSPS) is 11.4. The topological polar surface area (TPSA) is 58.6 Å². The van der Waals surface area contributed by atoms with Crippen LogP contribution in [-0.4, -0.2) is 42.1 Å². The number of halogens is 1. The first-order valence-corrected chi connectivity index (χ1v) is 7.90. The van der Waals surface area contributed by atoms with Gasteiger partial charge in [0, 0.05) is 25.7 Å². The van der Waals surface area contributed by atoms with E-state index in [-0.39, 0.29) is 11.7 Å². The molecule has 0 aliphatic carbocycles. The first-order chi connectivity index (χ1) is 11.2. The summed E-state index contributed by atoms with van der Waals surface area (Å²) >= 11 is 0. The van der Waals surface area contributed by atoms with Crippen molar-refractivity contribution in [3.63, 3.8) is 0 Å². The molecule has 0 heterocycles. The van der Waals surface area contributed by atoms with E-state index in [1.165, 1.54) is 23.1 Å². The maximum absolute atomic E-state index is 12.8. The molecule has 132 valence electrons. The molecule has 1 aromatic rings. The molecule has 0 aromatic heterocycles. The van der Waals surface area contributed by atoms with Crippen molar-refractivity contribution in [2.24, 2.45) is 0 Å². The molecule has 2 amide bonds. The minimum atomic E-state index is -0.550. The van der Waals surface area contributed by atoms with Crippen LogP contribution >= 0.6 is 0 Å². The second kappa shape index (κ2) is 9.05. The minimum absolute atomic E-state index is 0.278. The molecule has 24 heavy (non-hydrogen) atoms. The zero-order valence-electron chi connectivity index (χ0n) is 14.6. The summed E-state index contributed by atoms with van der Waals surface area (Å²) in [4.78, 5) is 25.2. The molecular weight excluding hydrogens is 311 g/mol. The fourth-order valence-corrected chi connectivity index (χ4v) is 1.82. The van der Waals surface area contributed by atoms with Gasteiger partial charge in [0.05, 0.1) is 0 Å². The van der Waals surface area contributed by atoms with Gasteiger partial charge in [0.25, 0.3) is 0 Å². The molecule has 0 saturated carbocycles. The largest absolute Gasteiger partial charge is 0.444 e. The van der Waals surface area contributed by atoms with Crippen LogP contribution < -0.4 is 5.32 Å². The van der Waals surface area contributed by atoms with E-state index in [1.54, 1.807) is 39.0 Å². The smallest absolute Gasteiger partial charge is 0.410 e. The zero-order valence-corrected chi connectivity index (χ0v) is 14.6. The van der Waals surface area contributed by atoms with Crippen LogP contribution in [0.5, 0.6) is 0 Å². The van der Waals surface area contributed by atoms with Crippen molar-refractivity contribution < 1.29 is 18.7 Å². The summed E-state index contributed by atoms with van der Waals surface area (Å²) in [5.74, 6) is -0.599. The Hall–Kier alpha value is -2.37. The summed E-state index contributed by atoms with van der Waals surface area (Å²) in [6.07, 6.45) is 2.57. The van der Waals surface area contributed by atoms with Gasteiger partial charge in [0.1, 0.15) is 11.4 Å². The van der Waals surface area contributed by atoms with Crippen molar-refractivity contribution in [1.29, 1.82) is 0 Å². The molecule has 0 bridgehead atoms. The lowest BCUT2D eigenvalue weighted by molar-refractivity contribution is -0.116. The molecule has 0 radical (unpaired) electrons. The number of rotatable bonds is 6. The summed E-state index contributed by atoms with van der Waals surface area (Å²) < 4.78 is 18.1. The Morgan fingerprint density at radius 1 is 1.25 bits per heavy atom. The van der Waals surface area contributed by atoms with Crippen LogP contribution in [0.3, 0.4) is 0 Å². The van der Waals surface area contributed by atoms with Crippen molar-refractivity contribution in [2.75, 3.05) is 19.6 Å². The third kappa shape index (κ3) is 7.76. The lowest BCUT2D eigenvalue weighted by Crippen LogP contribution is -2.41. The van der Waals surface area contributed by atoms with Crippen LogP contribution in [0.25, 0.3) is 6.08 Å². The number of ether oxygens (including phenoxy) is 1. The van der Waals surface area contributed by atoms with E-state index in [1.807, 2.05) is 6.92 Å². The number of hydrogen-bond acceptors (Lipinski definition) is 3. The maximum Gasteiger partial charge on any atom is 0.410 e. The zero-order chi connectivity index (χ0) is 18.2. The molecule has 0 saturated heterocycles. The Morgan fingerprint density at radius 3 is 2.42 bits per heavy atom. The lowest BCUT2D eigenvalue weighted by atomic mass is 10.2. The summed E-state index contributed by atoms with van der Waals surface area (Å²) in [5, 5.41) is 2.70. The number of amides is 2. The average Bonchev–Trinajstić information content (AvgIpc) is 2.49. The highest BCUT2D eigenvalue weighted by atomic mass is 19.1. The standard InChI is InChI=1S/C18H25FN2O3/c1-5-21(17(23)24-18(2,3)4)13-12-20-16(22)11-8-14-6-9-15(19)10-7-14/h6-11H,5,12-13H2,1-4H3,(H,20,22)/b11-8+. The highest BCUT2D eigenvalue weighted by Gasteiger charge is 2.20. The Kier molecular flexibility index (Phi) is 7.42. The first-order valence-electron chi connectivity index (χ1n) is 7.90. The Bertz CT molecular complexity index is 577. The molecule has 6 heteroatoms. The second-order valence-electron chi connectivity index (χ2n) is 6.24. The fraction of sp³-hybridized carbons (Fsp3) is 0.444. The molecule has 1 N–H and O–H groups in total. The molecule has 0 aliphatic heterocycles. The van der Waals surface area contributed by atoms with Crippen LogP contribution in [0, 0.1) is 5.82 Å². The molecule has 0 unspecified atom stereocenters. The van der Waals surface area contributed by atoms with Crippen LogP contribution in [0.1, 0.15) is 33.3 Å². The van der Waals surface area contributed by atoms with Crippen molar-refractivity contribution in [3.05, 3.63) is 41.7 Å². The number of hydrogen-bond donors (Lipinski definition) is 1. The highest BCUT2D eigenvalue weighted by Crippen LogP contribution is 2.09. The Morgan fingerprint density at radius 2 is 1.88 bits per heavy atom. The van der Waals surface area contributed by atoms with Gasteiger partial charge in [-0.1, -0.05) is 12.1 Å². The summed E-state index contributed by atoms with van der Waals surface area (Å²) in [5.41, 5.74) is 0.182. The van der Waals surface area contributed by atoms with Gasteiger partial charge >= 0.3 is 6.09 Å². The van der Waals surface area contributed by atoms with E-state index in [4.69, 9.17) is 4.74 Å². The van der Waals surface area contributed by atoms with Gasteiger partial charge in [-0.2, -0.15) is 0 Å². The molecular formula is C18H25FN2O3. The monoisotopic (exact) mass is 336 g/mol. The van der Waals surface area contributed by atoms with Gasteiger partial charge < -0.3 is 15.0 Å². The third-order valence-corrected chi connectivity index (χ3v) is 3.01. The second-order valence-corrected chi connectivity index (χ2v) is 6.24. The molecule has 0 atom stereocenters. The molecule has 1 rings (SSSR count). The third-order valence-electron chi connectivity index (χ3n) is 3.01. The molecule has 0 spiro atoms. The number of nitrogens with zero attached hydrogens (tertiary/aromatic N) is 1. The number of nitrogens with one attached hydrogen (secondary N) is 1. The predicted molar refractivity (Wildman–Crippen MR) is 91.9 cm³/mol. The summed E-state index contributed by atoms with van der Waals surface area (Å²) in [6, 6.07) is 5.83. The van der Waals surface area contributed by atoms with E-state index in [9.17, 15) is 14.0 Å². The number of benzene rings is 1. The number of likely N-dealkylation sites (N-methyl/N-ethyl adjacent to an activating group) is 1. The van der Waals surface area contributed by atoms with Crippen LogP contribution in [0.15, 0.2) is 30.3 Å². The highest BCUT2D eigenvalue weighted by molar-refractivity contribution is 5.91. The van der Waals surface area contributed by atoms with E-state index in [0.29, 0.717) is 19.6 Å². The van der Waals surface area contributed by atoms with Crippen molar-refractivity contribution in [2.45, 2.75) is 33.3 Å². The fourth-order valence-electron chi connectivity index (χ4n) is 1.82. The quantitative estimate of drug-likeness (QED) is 0.812. The Balaban J connectivity index is 2.40. The van der Waals surface area contributed by atoms with Gasteiger partial charge in [-0.25, -0.2) is 9.18 Å². The summed E-state index contributed by atoms with van der Waals surface area (Å²) in [7, 11) is 0. The van der Waals surface area contributed by atoms with Gasteiger partial charge in [-0.3, -0.25) is 4.79 Å². The molecule has 0 aliphatic rings. The van der Waals surface area contributed by atoms with Gasteiger partial charge in [0.15, 0.2) is 0 Å². The minimum Gasteiger partial charge on any atom is -0.444 e. The van der Waals surface area contributed by atoms with Gasteiger partial charge in [-0.15, -0.1) is 0 Å². The SMILES string of the molecule is CCN(CCNC(=O)/C=C/c1ccc(F)cc1)C(=O)OC(C)(C)C. The van der Waals surface area contributed by atoms with E-state index < -0.39 is 11.7 Å². The van der Waals surface area contributed by atoms with Crippen molar-refractivity contribution >= 4 is 18.1 Å². The lowest BCUT2D eigenvalue weighted by Gasteiger charge is -2.26. The number of carbonyl (C=O) groups is 2. The van der Waals surface area contributed by atoms with Crippen molar-refractivity contribution in [3.8, 4) is 0 Å². The Labute approximate surface area is 142 Å². The van der Waals surface area contributed by atoms with Crippen LogP contribution in [0.2, 0.25) is 0 Å². The van der Waals surface area contributed by atoms with Gasteiger partial charge in [0.2, 0.25) is 5.91 Å². The predicted octanol–water partition coefficient (Wildman–Crippen LogP) is 3.21. The van der Waals surface area contributed by atoms with E-state index >= 15 is 0 Å². The van der Waals surface area contributed by atoms with Crippen LogP contribution in [0.4, 0.5) is 9.18 Å². The van der Waals surface area contributed by atoms with Crippen LogP contribution in [-0.2, 0) is 9.53 Å².